The molecule has 3 aromatic rings. The average molecular weight is 494 g/mol. The monoisotopic (exact) mass is 493 g/mol. The van der Waals surface area contributed by atoms with E-state index in [1.807, 2.05) is 0 Å². The quantitative estimate of drug-likeness (QED) is 0.421. The number of benzene rings is 1. The fraction of sp³-hybridized carbons (Fsp3) is 0.111. The Labute approximate surface area is 169 Å². The van der Waals surface area contributed by atoms with E-state index in [1.165, 1.54) is 24.4 Å². The number of carbonyl (C=O) groups is 2. The van der Waals surface area contributed by atoms with Crippen molar-refractivity contribution in [2.24, 2.45) is 0 Å². The minimum atomic E-state index is -0.882. The summed E-state index contributed by atoms with van der Waals surface area (Å²) >= 11 is 2.39. The number of nitrogens with zero attached hydrogens (tertiary/aromatic N) is 2. The van der Waals surface area contributed by atoms with Crippen LogP contribution in [0.25, 0.3) is 10.9 Å². The molecule has 2 aromatic heterocycles. The molecule has 1 atom stereocenters. The van der Waals surface area contributed by atoms with Gasteiger partial charge in [-0.1, -0.05) is 0 Å². The van der Waals surface area contributed by atoms with Gasteiger partial charge in [0, 0.05) is 0 Å². The van der Waals surface area contributed by atoms with Crippen LogP contribution in [-0.2, 0) is 6.54 Å². The van der Waals surface area contributed by atoms with Gasteiger partial charge >= 0.3 is 169 Å². The zero-order valence-electron chi connectivity index (χ0n) is 14.1. The third-order valence-corrected chi connectivity index (χ3v) is 6.01. The molecule has 0 saturated carbocycles. The minimum absolute atomic E-state index is 0.00530. The van der Waals surface area contributed by atoms with Crippen LogP contribution in [0.3, 0.4) is 0 Å². The summed E-state index contributed by atoms with van der Waals surface area (Å²) in [5.74, 6) is -1.46. The van der Waals surface area contributed by atoms with Crippen LogP contribution < -0.4 is 5.32 Å². The molecular weight excluding hydrogens is 480 g/mol. The third-order valence-electron chi connectivity index (χ3n) is 3.89. The molecule has 1 aromatic carbocycles. The average Bonchev–Trinajstić information content (AvgIpc) is 2.68. The van der Waals surface area contributed by atoms with Crippen molar-refractivity contribution >= 4 is 53.1 Å². The van der Waals surface area contributed by atoms with Crippen molar-refractivity contribution in [3.8, 4) is 5.75 Å². The van der Waals surface area contributed by atoms with Crippen LogP contribution in [0, 0.1) is 5.82 Å². The normalized spacial score (nSPS) is 11.2. The predicted molar refractivity (Wildman–Crippen MR) is 104 cm³/mol. The predicted octanol–water partition coefficient (Wildman–Crippen LogP) is 2.79. The zero-order chi connectivity index (χ0) is 19.6. The first kappa shape index (κ1) is 19.5. The van der Waals surface area contributed by atoms with Gasteiger partial charge in [-0.15, -0.1) is 0 Å². The first-order chi connectivity index (χ1) is 12.9. The number of hydrogen-bond acceptors (Lipinski definition) is 5. The van der Waals surface area contributed by atoms with E-state index in [2.05, 4.69) is 31.2 Å². The molecule has 0 spiro atoms. The van der Waals surface area contributed by atoms with Crippen molar-refractivity contribution in [3.63, 3.8) is 0 Å². The number of rotatable bonds is 5. The molecule has 2 N–H and O–H groups in total. The maximum atomic E-state index is 13.5. The van der Waals surface area contributed by atoms with Gasteiger partial charge in [0.25, 0.3) is 0 Å². The van der Waals surface area contributed by atoms with E-state index in [1.54, 1.807) is 17.8 Å². The Morgan fingerprint density at radius 1 is 1.33 bits per heavy atom. The van der Waals surface area contributed by atoms with Crippen LogP contribution in [0.4, 0.5) is 4.39 Å². The molecular formula is C18H14AsBrFN3O3. The SMILES string of the molecule is C[AsH]C(=O)c1cc(F)ccc1CNC(=O)c1nc(Br)c2cccnc2c1O. The second kappa shape index (κ2) is 8.15. The number of amides is 1. The van der Waals surface area contributed by atoms with Crippen molar-refractivity contribution in [1.82, 2.24) is 15.3 Å². The molecule has 138 valence electrons. The van der Waals surface area contributed by atoms with Crippen molar-refractivity contribution in [1.29, 1.82) is 0 Å². The fourth-order valence-corrected chi connectivity index (χ4v) is 4.10. The molecule has 27 heavy (non-hydrogen) atoms. The number of pyridine rings is 2. The van der Waals surface area contributed by atoms with Crippen LogP contribution in [0.5, 0.6) is 5.75 Å². The Morgan fingerprint density at radius 2 is 2.11 bits per heavy atom. The summed E-state index contributed by atoms with van der Waals surface area (Å²) in [6.07, 6.45) is 1.50. The Hall–Kier alpha value is -2.31. The number of fused-ring (bicyclic) bond motifs is 1. The number of halogens is 2. The van der Waals surface area contributed by atoms with E-state index in [0.717, 1.165) is 0 Å². The van der Waals surface area contributed by atoms with Crippen LogP contribution >= 0.6 is 15.9 Å². The van der Waals surface area contributed by atoms with Crippen molar-refractivity contribution in [2.45, 2.75) is 12.3 Å². The molecule has 3 rings (SSSR count). The number of carbonyl (C=O) groups excluding carboxylic acids is 2. The van der Waals surface area contributed by atoms with Gasteiger partial charge in [0.2, 0.25) is 0 Å². The summed E-state index contributed by atoms with van der Waals surface area (Å²) in [5, 5.41) is 13.5. The Morgan fingerprint density at radius 3 is 2.85 bits per heavy atom. The number of aromatic nitrogens is 2. The first-order valence-electron chi connectivity index (χ1n) is 7.84. The second-order valence-corrected chi connectivity index (χ2v) is 8.32. The zero-order valence-corrected chi connectivity index (χ0v) is 17.8. The van der Waals surface area contributed by atoms with Crippen LogP contribution in [0.1, 0.15) is 26.4 Å². The van der Waals surface area contributed by atoms with E-state index in [4.69, 9.17) is 0 Å². The molecule has 0 aliphatic heterocycles. The van der Waals surface area contributed by atoms with Gasteiger partial charge in [0.1, 0.15) is 0 Å². The topological polar surface area (TPSA) is 92.2 Å². The van der Waals surface area contributed by atoms with E-state index in [-0.39, 0.29) is 33.6 Å². The molecule has 9 heteroatoms. The van der Waals surface area contributed by atoms with Gasteiger partial charge in [-0.2, -0.15) is 0 Å². The molecule has 2 heterocycles. The Bertz CT molecular complexity index is 1060. The molecule has 0 aliphatic carbocycles. The first-order valence-corrected chi connectivity index (χ1v) is 11.8. The summed E-state index contributed by atoms with van der Waals surface area (Å²) in [6, 6.07) is 7.29. The Balaban J connectivity index is 1.88. The second-order valence-electron chi connectivity index (χ2n) is 5.56. The van der Waals surface area contributed by atoms with Crippen LogP contribution in [-0.4, -0.2) is 41.3 Å². The van der Waals surface area contributed by atoms with E-state index < -0.39 is 27.5 Å². The van der Waals surface area contributed by atoms with Gasteiger partial charge in [-0.05, 0) is 0 Å². The summed E-state index contributed by atoms with van der Waals surface area (Å²) in [7, 11) is 0. The molecule has 0 radical (unpaired) electrons. The number of nitrogens with one attached hydrogen (secondary N) is 1. The summed E-state index contributed by atoms with van der Waals surface area (Å²) in [4.78, 5) is 32.7. The summed E-state index contributed by atoms with van der Waals surface area (Å²) in [6.45, 7) is 0.00530. The number of hydrogen-bond donors (Lipinski definition) is 2. The van der Waals surface area contributed by atoms with Crippen molar-refractivity contribution in [2.75, 3.05) is 0 Å². The van der Waals surface area contributed by atoms with Crippen LogP contribution in [0.15, 0.2) is 41.1 Å². The third kappa shape index (κ3) is 4.01. The van der Waals surface area contributed by atoms with Gasteiger partial charge < -0.3 is 0 Å². The standard InChI is InChI=1S/C18H14AsBrFN3O3/c1-19-16(26)12-7-10(21)5-4-9(12)8-23-18(27)14-15(25)13-11(17(20)24-14)3-2-6-22-13/h2-7,19,25H,8H2,1H3,(H,23,27). The molecule has 1 unspecified atom stereocenters. The molecule has 1 amide bonds. The van der Waals surface area contributed by atoms with Crippen molar-refractivity contribution in [3.05, 3.63) is 63.8 Å². The van der Waals surface area contributed by atoms with Gasteiger partial charge in [0.05, 0.1) is 0 Å². The van der Waals surface area contributed by atoms with Gasteiger partial charge in [-0.25, -0.2) is 0 Å². The fourth-order valence-electron chi connectivity index (χ4n) is 2.55. The molecule has 0 bridgehead atoms. The Kier molecular flexibility index (Phi) is 5.87. The molecule has 0 saturated heterocycles. The molecule has 0 fully saturated rings. The summed E-state index contributed by atoms with van der Waals surface area (Å²) in [5.41, 5.74) is 2.65. The molecule has 0 aliphatic rings. The number of aromatic hydroxyl groups is 1. The maximum absolute atomic E-state index is 13.5. The van der Waals surface area contributed by atoms with E-state index >= 15 is 0 Å². The summed E-state index contributed by atoms with van der Waals surface area (Å²) < 4.78 is 13.8. The van der Waals surface area contributed by atoms with Gasteiger partial charge in [0.15, 0.2) is 0 Å². The molecule has 6 nitrogen and oxygen atoms in total. The van der Waals surface area contributed by atoms with Crippen molar-refractivity contribution < 1.29 is 19.1 Å². The van der Waals surface area contributed by atoms with E-state index in [0.29, 0.717) is 15.6 Å². The van der Waals surface area contributed by atoms with Crippen LogP contribution in [0.2, 0.25) is 5.71 Å². The van der Waals surface area contributed by atoms with E-state index in [9.17, 15) is 19.1 Å². The van der Waals surface area contributed by atoms with Gasteiger partial charge in [-0.3, -0.25) is 0 Å².